The van der Waals surface area contributed by atoms with Crippen molar-refractivity contribution in [2.45, 2.75) is 24.9 Å². The molecule has 0 spiro atoms. The number of ether oxygens (including phenoxy) is 1. The standard InChI is InChI=1S/C18H23N3O2/c1-20(13-18(9-10-18)14-7-5-4-6-8-14)17(22)15-11-21(2)19-16(15)12-23-3/h4-8,11H,9-10,12-13H2,1-3H3. The predicted molar refractivity (Wildman–Crippen MR) is 88.2 cm³/mol. The molecule has 0 atom stereocenters. The minimum absolute atomic E-state index is 0.00681. The van der Waals surface area contributed by atoms with Gasteiger partial charge < -0.3 is 9.64 Å². The maximum Gasteiger partial charge on any atom is 0.257 e. The summed E-state index contributed by atoms with van der Waals surface area (Å²) in [6, 6.07) is 10.5. The molecule has 1 aromatic heterocycles. The zero-order valence-corrected chi connectivity index (χ0v) is 14.0. The van der Waals surface area contributed by atoms with E-state index < -0.39 is 0 Å². The average molecular weight is 313 g/mol. The fourth-order valence-electron chi connectivity index (χ4n) is 3.17. The monoisotopic (exact) mass is 313 g/mol. The van der Waals surface area contributed by atoms with Gasteiger partial charge in [-0.2, -0.15) is 5.10 Å². The fourth-order valence-corrected chi connectivity index (χ4v) is 3.17. The zero-order valence-electron chi connectivity index (χ0n) is 14.0. The topological polar surface area (TPSA) is 47.4 Å². The maximum absolute atomic E-state index is 12.8. The van der Waals surface area contributed by atoms with Crippen molar-refractivity contribution in [3.05, 3.63) is 53.3 Å². The number of nitrogens with zero attached hydrogens (tertiary/aromatic N) is 3. The molecule has 0 bridgehead atoms. The maximum atomic E-state index is 12.8. The van der Waals surface area contributed by atoms with Crippen LogP contribution in [0.15, 0.2) is 36.5 Å². The number of benzene rings is 1. The summed E-state index contributed by atoms with van der Waals surface area (Å²) in [5.41, 5.74) is 2.76. The van der Waals surface area contributed by atoms with E-state index in [-0.39, 0.29) is 11.3 Å². The Bertz CT molecular complexity index is 690. The summed E-state index contributed by atoms with van der Waals surface area (Å²) in [7, 11) is 5.30. The van der Waals surface area contributed by atoms with E-state index in [1.807, 2.05) is 25.1 Å². The lowest BCUT2D eigenvalue weighted by molar-refractivity contribution is 0.0776. The van der Waals surface area contributed by atoms with E-state index in [9.17, 15) is 4.79 Å². The third-order valence-electron chi connectivity index (χ3n) is 4.54. The average Bonchev–Trinajstić information content (AvgIpc) is 3.24. The van der Waals surface area contributed by atoms with Crippen LogP contribution in [0.3, 0.4) is 0 Å². The lowest BCUT2D eigenvalue weighted by Crippen LogP contribution is -2.34. The summed E-state index contributed by atoms with van der Waals surface area (Å²) in [6.07, 6.45) is 4.04. The summed E-state index contributed by atoms with van der Waals surface area (Å²) in [4.78, 5) is 14.6. The molecule has 1 fully saturated rings. The van der Waals surface area contributed by atoms with Crippen LogP contribution < -0.4 is 0 Å². The second kappa shape index (κ2) is 6.16. The number of hydrogen-bond donors (Lipinski definition) is 0. The summed E-state index contributed by atoms with van der Waals surface area (Å²) in [5, 5.41) is 4.32. The second-order valence-electron chi connectivity index (χ2n) is 6.40. The first-order chi connectivity index (χ1) is 11.1. The van der Waals surface area contributed by atoms with Crippen molar-refractivity contribution in [3.63, 3.8) is 0 Å². The number of rotatable bonds is 6. The van der Waals surface area contributed by atoms with Crippen molar-refractivity contribution in [2.75, 3.05) is 20.7 Å². The second-order valence-corrected chi connectivity index (χ2v) is 6.40. The minimum atomic E-state index is 0.00681. The molecule has 1 heterocycles. The highest BCUT2D eigenvalue weighted by Crippen LogP contribution is 2.48. The summed E-state index contributed by atoms with van der Waals surface area (Å²) < 4.78 is 6.81. The number of methoxy groups -OCH3 is 1. The largest absolute Gasteiger partial charge is 0.378 e. The van der Waals surface area contributed by atoms with Crippen LogP contribution in [0, 0.1) is 0 Å². The van der Waals surface area contributed by atoms with E-state index in [0.717, 1.165) is 19.4 Å². The zero-order chi connectivity index (χ0) is 16.4. The molecular weight excluding hydrogens is 290 g/mol. The van der Waals surface area contributed by atoms with Crippen LogP contribution in [0.5, 0.6) is 0 Å². The molecule has 0 saturated heterocycles. The molecule has 3 rings (SSSR count). The van der Waals surface area contributed by atoms with E-state index >= 15 is 0 Å². The molecule has 0 N–H and O–H groups in total. The van der Waals surface area contributed by atoms with Crippen molar-refractivity contribution < 1.29 is 9.53 Å². The van der Waals surface area contributed by atoms with Gasteiger partial charge in [-0.25, -0.2) is 0 Å². The number of carbonyl (C=O) groups is 1. The van der Waals surface area contributed by atoms with E-state index in [1.165, 1.54) is 5.56 Å². The summed E-state index contributed by atoms with van der Waals surface area (Å²) in [6.45, 7) is 1.08. The molecule has 23 heavy (non-hydrogen) atoms. The van der Waals surface area contributed by atoms with E-state index in [0.29, 0.717) is 17.9 Å². The van der Waals surface area contributed by atoms with E-state index in [4.69, 9.17) is 4.74 Å². The number of hydrogen-bond acceptors (Lipinski definition) is 3. The van der Waals surface area contributed by atoms with Gasteiger partial charge in [-0.15, -0.1) is 0 Å². The van der Waals surface area contributed by atoms with Gasteiger partial charge >= 0.3 is 0 Å². The fraction of sp³-hybridized carbons (Fsp3) is 0.444. The van der Waals surface area contributed by atoms with Gasteiger partial charge in [0.1, 0.15) is 5.69 Å². The molecular formula is C18H23N3O2. The first-order valence-corrected chi connectivity index (χ1v) is 7.88. The number of aromatic nitrogens is 2. The SMILES string of the molecule is COCc1nn(C)cc1C(=O)N(C)CC1(c2ccccc2)CC1. The van der Waals surface area contributed by atoms with Crippen LogP contribution in [-0.4, -0.2) is 41.3 Å². The normalized spacial score (nSPS) is 15.4. The van der Waals surface area contributed by atoms with Crippen LogP contribution in [0.1, 0.15) is 34.5 Å². The van der Waals surface area contributed by atoms with Crippen LogP contribution in [-0.2, 0) is 23.8 Å². The number of likely N-dealkylation sites (N-methyl/N-ethyl adjacent to an activating group) is 1. The van der Waals surface area contributed by atoms with Crippen molar-refractivity contribution in [1.29, 1.82) is 0 Å². The molecule has 122 valence electrons. The first-order valence-electron chi connectivity index (χ1n) is 7.88. The van der Waals surface area contributed by atoms with Crippen molar-refractivity contribution in [2.24, 2.45) is 7.05 Å². The van der Waals surface area contributed by atoms with Gasteiger partial charge in [-0.3, -0.25) is 9.48 Å². The summed E-state index contributed by atoms with van der Waals surface area (Å²) in [5.74, 6) is 0.00681. The smallest absolute Gasteiger partial charge is 0.257 e. The minimum Gasteiger partial charge on any atom is -0.378 e. The Kier molecular flexibility index (Phi) is 4.22. The first kappa shape index (κ1) is 15.7. The highest BCUT2D eigenvalue weighted by atomic mass is 16.5. The Hall–Kier alpha value is -2.14. The molecule has 0 aliphatic heterocycles. The van der Waals surface area contributed by atoms with Gasteiger partial charge in [0.2, 0.25) is 0 Å². The van der Waals surface area contributed by atoms with Crippen LogP contribution >= 0.6 is 0 Å². The molecule has 1 aliphatic rings. The number of aryl methyl sites for hydroxylation is 1. The number of amides is 1. The molecule has 5 heteroatoms. The highest BCUT2D eigenvalue weighted by Gasteiger charge is 2.45. The van der Waals surface area contributed by atoms with Crippen LogP contribution in [0.2, 0.25) is 0 Å². The molecule has 5 nitrogen and oxygen atoms in total. The molecule has 1 aromatic carbocycles. The molecule has 0 unspecified atom stereocenters. The molecule has 0 radical (unpaired) electrons. The van der Waals surface area contributed by atoms with E-state index in [1.54, 1.807) is 18.0 Å². The van der Waals surface area contributed by atoms with Gasteiger partial charge in [-0.05, 0) is 18.4 Å². The van der Waals surface area contributed by atoms with Crippen molar-refractivity contribution in [3.8, 4) is 0 Å². The Morgan fingerprint density at radius 1 is 1.35 bits per heavy atom. The highest BCUT2D eigenvalue weighted by molar-refractivity contribution is 5.95. The van der Waals surface area contributed by atoms with E-state index in [2.05, 4.69) is 29.4 Å². The van der Waals surface area contributed by atoms with Crippen molar-refractivity contribution >= 4 is 5.91 Å². The lowest BCUT2D eigenvalue weighted by atomic mass is 9.95. The molecule has 2 aromatic rings. The van der Waals surface area contributed by atoms with Gasteiger partial charge in [0.25, 0.3) is 5.91 Å². The van der Waals surface area contributed by atoms with Gasteiger partial charge in [0.05, 0.1) is 12.2 Å². The van der Waals surface area contributed by atoms with Gasteiger partial charge in [0, 0.05) is 39.4 Å². The molecule has 1 aliphatic carbocycles. The Labute approximate surface area is 136 Å². The van der Waals surface area contributed by atoms with Crippen molar-refractivity contribution in [1.82, 2.24) is 14.7 Å². The summed E-state index contributed by atoms with van der Waals surface area (Å²) >= 11 is 0. The predicted octanol–water partition coefficient (Wildman–Crippen LogP) is 2.37. The quantitative estimate of drug-likeness (QED) is 0.822. The lowest BCUT2D eigenvalue weighted by Gasteiger charge is -2.24. The Balaban J connectivity index is 1.76. The molecule has 1 saturated carbocycles. The van der Waals surface area contributed by atoms with Gasteiger partial charge in [0.15, 0.2) is 0 Å². The third-order valence-corrected chi connectivity index (χ3v) is 4.54. The van der Waals surface area contributed by atoms with Crippen LogP contribution in [0.4, 0.5) is 0 Å². The number of carbonyl (C=O) groups excluding carboxylic acids is 1. The Morgan fingerprint density at radius 3 is 2.65 bits per heavy atom. The van der Waals surface area contributed by atoms with Crippen LogP contribution in [0.25, 0.3) is 0 Å². The van der Waals surface area contributed by atoms with Gasteiger partial charge in [-0.1, -0.05) is 30.3 Å². The Morgan fingerprint density at radius 2 is 2.04 bits per heavy atom. The molecule has 1 amide bonds. The third kappa shape index (κ3) is 3.15.